The van der Waals surface area contributed by atoms with Crippen molar-refractivity contribution in [3.8, 4) is 0 Å². The fraction of sp³-hybridized carbons (Fsp3) is 0.424. The zero-order chi connectivity index (χ0) is 54.5. The van der Waals surface area contributed by atoms with Gasteiger partial charge in [0, 0.05) is 24.8 Å². The highest BCUT2D eigenvalue weighted by atomic mass is 16.4. The van der Waals surface area contributed by atoms with Crippen molar-refractivity contribution >= 4 is 35.6 Å². The smallest absolute Gasteiger partial charge is 0.327 e. The van der Waals surface area contributed by atoms with Gasteiger partial charge in [0.1, 0.15) is 0 Å². The quantitative estimate of drug-likeness (QED) is 0.0464. The molecule has 12 nitrogen and oxygen atoms in total. The zero-order valence-electron chi connectivity index (χ0n) is 44.5. The molecule has 0 spiro atoms. The number of allylic oxidation sites excluding steroid dienone is 2. The molecule has 0 saturated heterocycles. The highest BCUT2D eigenvalue weighted by Gasteiger charge is 2.22. The van der Waals surface area contributed by atoms with Gasteiger partial charge in [0.2, 0.25) is 23.6 Å². The number of hydrogen-bond acceptors (Lipinski definition) is 6. The number of aliphatic carboxylic acids is 2. The molecule has 4 rings (SSSR count). The second-order valence-electron chi connectivity index (χ2n) is 17.5. The molecule has 10 N–H and O–H groups in total. The summed E-state index contributed by atoms with van der Waals surface area (Å²) in [6.07, 6.45) is 12.3. The molecule has 0 bridgehead atoms. The first-order valence-corrected chi connectivity index (χ1v) is 24.7. The van der Waals surface area contributed by atoms with Gasteiger partial charge < -0.3 is 33.1 Å². The molecule has 4 aromatic carbocycles. The fourth-order valence-electron chi connectivity index (χ4n) is 7.39. The molecular weight excluding hydrogens is 893 g/mol. The number of benzene rings is 4. The Morgan fingerprint density at radius 3 is 1.03 bits per heavy atom. The third-order valence-corrected chi connectivity index (χ3v) is 11.3. The van der Waals surface area contributed by atoms with E-state index in [1.807, 2.05) is 71.0 Å². The second-order valence-corrected chi connectivity index (χ2v) is 17.5. The lowest BCUT2D eigenvalue weighted by atomic mass is 9.84. The number of carbonyl (C=O) groups excluding carboxylic acids is 4. The van der Waals surface area contributed by atoms with Gasteiger partial charge in [-0.15, -0.1) is 0 Å². The van der Waals surface area contributed by atoms with Crippen molar-refractivity contribution < 1.29 is 39.0 Å². The Morgan fingerprint density at radius 1 is 0.479 bits per heavy atom. The van der Waals surface area contributed by atoms with Crippen LogP contribution < -0.4 is 22.9 Å². The molecule has 71 heavy (non-hydrogen) atoms. The highest BCUT2D eigenvalue weighted by molar-refractivity contribution is 5.85. The van der Waals surface area contributed by atoms with Crippen LogP contribution in [0.25, 0.3) is 0 Å². The normalized spacial score (nSPS) is 12.4. The Kier molecular flexibility index (Phi) is 36.4. The summed E-state index contributed by atoms with van der Waals surface area (Å²) in [7, 11) is 0. The lowest BCUT2D eigenvalue weighted by molar-refractivity contribution is -0.137. The summed E-state index contributed by atoms with van der Waals surface area (Å²) in [6.45, 7) is 22.2. The molecular formula is C59H86N4O8. The maximum atomic E-state index is 11.2. The van der Waals surface area contributed by atoms with Crippen LogP contribution in [-0.4, -0.2) is 45.8 Å². The number of hydrogen-bond donors (Lipinski definition) is 6. The zero-order valence-corrected chi connectivity index (χ0v) is 44.5. The minimum absolute atomic E-state index is 0.100. The molecule has 0 aliphatic heterocycles. The third kappa shape index (κ3) is 32.6. The van der Waals surface area contributed by atoms with Crippen LogP contribution in [0.4, 0.5) is 0 Å². The Hall–Kier alpha value is -6.82. The van der Waals surface area contributed by atoms with E-state index in [-0.39, 0.29) is 59.6 Å². The fourth-order valence-corrected chi connectivity index (χ4v) is 7.39. The van der Waals surface area contributed by atoms with E-state index in [1.54, 1.807) is 12.2 Å². The molecule has 4 aromatic rings. The highest BCUT2D eigenvalue weighted by Crippen LogP contribution is 2.29. The third-order valence-electron chi connectivity index (χ3n) is 11.3. The lowest BCUT2D eigenvalue weighted by Crippen LogP contribution is -2.26. The summed E-state index contributed by atoms with van der Waals surface area (Å²) in [4.78, 5) is 63.1. The molecule has 5 atom stereocenters. The SMILES string of the molecule is CC/C=C/C(=O)O.CC/C=C/C(N)=O.CC[C@@H](c1cccc(C)c1)[C@@H](C)C(N)=O.CC[C@H](CC(=O)O)c1cccc(C)c1.CC[C@H](CC(N)=O)c1cccc(C)c1.CC[C@H](CC(N)=O)c1cccc(C)c1. The average molecular weight is 979 g/mol. The first kappa shape index (κ1) is 66.3. The lowest BCUT2D eigenvalue weighted by Gasteiger charge is -2.20. The van der Waals surface area contributed by atoms with Gasteiger partial charge in [-0.2, -0.15) is 0 Å². The van der Waals surface area contributed by atoms with Crippen LogP contribution in [0, 0.1) is 33.6 Å². The predicted molar refractivity (Wildman–Crippen MR) is 291 cm³/mol. The van der Waals surface area contributed by atoms with Gasteiger partial charge in [-0.05, 0) is 118 Å². The number of rotatable bonds is 20. The van der Waals surface area contributed by atoms with Gasteiger partial charge in [0.25, 0.3) is 0 Å². The van der Waals surface area contributed by atoms with Crippen molar-refractivity contribution in [2.24, 2.45) is 28.9 Å². The number of carboxylic acid groups (broad SMARTS) is 2. The maximum absolute atomic E-state index is 11.2. The van der Waals surface area contributed by atoms with E-state index in [0.29, 0.717) is 12.8 Å². The summed E-state index contributed by atoms with van der Waals surface area (Å²) in [5, 5.41) is 16.7. The van der Waals surface area contributed by atoms with Crippen LogP contribution in [0.2, 0.25) is 0 Å². The van der Waals surface area contributed by atoms with Crippen molar-refractivity contribution in [2.75, 3.05) is 0 Å². The molecule has 0 heterocycles. The van der Waals surface area contributed by atoms with E-state index in [9.17, 15) is 28.8 Å². The number of carboxylic acids is 2. The molecule has 0 unspecified atom stereocenters. The van der Waals surface area contributed by atoms with Crippen LogP contribution in [0.15, 0.2) is 121 Å². The van der Waals surface area contributed by atoms with Gasteiger partial charge in [0.05, 0.1) is 6.42 Å². The van der Waals surface area contributed by atoms with Crippen molar-refractivity contribution in [3.05, 3.63) is 166 Å². The standard InChI is InChI=1S/C13H19NO.2C12H17NO.C12H16O2.C5H9NO.C5H8O2/c1-4-12(10(3)13(14)15)11-7-5-6-9(2)8-11;3*1-3-10(8-12(13)14)11-6-4-5-9(2)7-11;2*1-2-3-4-5(6)7/h5-8,10,12H,4H2,1-3H3,(H2,14,15);2*4-7,10H,3,8H2,1-2H3,(H2,13,14);4-7,10H,3,8H2,1-2H3,(H,13,14);3-4H,2H2,1H3,(H2,6,7);3-4H,2H2,1H3,(H,6,7)/b;;;;2*4-3+/t10-,12-;3*10-;;/m1111../s1. The largest absolute Gasteiger partial charge is 0.481 e. The molecule has 0 aromatic heterocycles. The maximum Gasteiger partial charge on any atom is 0.327 e. The second kappa shape index (κ2) is 39.0. The molecule has 0 radical (unpaired) electrons. The number of carbonyl (C=O) groups is 6. The number of nitrogens with two attached hydrogens (primary N) is 4. The summed E-state index contributed by atoms with van der Waals surface area (Å²) in [5.41, 5.74) is 30.2. The molecule has 0 aliphatic carbocycles. The molecule has 0 fully saturated rings. The first-order valence-electron chi connectivity index (χ1n) is 24.7. The van der Waals surface area contributed by atoms with E-state index < -0.39 is 11.9 Å². The number of primary amides is 4. The van der Waals surface area contributed by atoms with Gasteiger partial charge in [-0.25, -0.2) is 4.79 Å². The minimum atomic E-state index is -0.873. The molecule has 4 amide bonds. The monoisotopic (exact) mass is 979 g/mol. The minimum Gasteiger partial charge on any atom is -0.481 e. The number of amides is 4. The summed E-state index contributed by atoms with van der Waals surface area (Å²) < 4.78 is 0. The summed E-state index contributed by atoms with van der Waals surface area (Å²) >= 11 is 0. The Balaban J connectivity index is 0. The molecule has 12 heteroatoms. The van der Waals surface area contributed by atoms with Gasteiger partial charge in [0.15, 0.2) is 0 Å². The van der Waals surface area contributed by atoms with Crippen molar-refractivity contribution in [1.29, 1.82) is 0 Å². The first-order chi connectivity index (χ1) is 33.5. The van der Waals surface area contributed by atoms with E-state index in [0.717, 1.165) is 50.2 Å². The van der Waals surface area contributed by atoms with E-state index in [1.165, 1.54) is 45.0 Å². The molecule has 0 saturated carbocycles. The Morgan fingerprint density at radius 2 is 0.803 bits per heavy atom. The van der Waals surface area contributed by atoms with Crippen LogP contribution in [-0.2, 0) is 28.8 Å². The predicted octanol–water partition coefficient (Wildman–Crippen LogP) is 11.8. The molecule has 390 valence electrons. The topological polar surface area (TPSA) is 247 Å². The van der Waals surface area contributed by atoms with Crippen LogP contribution in [0.1, 0.15) is 174 Å². The van der Waals surface area contributed by atoms with Crippen molar-refractivity contribution in [2.45, 2.75) is 158 Å². The Bertz CT molecular complexity index is 2070. The van der Waals surface area contributed by atoms with Gasteiger partial charge in [-0.1, -0.05) is 180 Å². The van der Waals surface area contributed by atoms with Gasteiger partial charge in [-0.3, -0.25) is 24.0 Å². The van der Waals surface area contributed by atoms with Gasteiger partial charge >= 0.3 is 11.9 Å². The van der Waals surface area contributed by atoms with E-state index >= 15 is 0 Å². The van der Waals surface area contributed by atoms with Crippen molar-refractivity contribution in [1.82, 2.24) is 0 Å². The van der Waals surface area contributed by atoms with Crippen LogP contribution >= 0.6 is 0 Å². The average Bonchev–Trinajstić information content (AvgIpc) is 3.31. The summed E-state index contributed by atoms with van der Waals surface area (Å²) in [5.74, 6) is -1.81. The molecule has 0 aliphatic rings. The van der Waals surface area contributed by atoms with Crippen LogP contribution in [0.5, 0.6) is 0 Å². The summed E-state index contributed by atoms with van der Waals surface area (Å²) in [6, 6.07) is 32.9. The van der Waals surface area contributed by atoms with E-state index in [2.05, 4.69) is 102 Å². The number of aryl methyl sites for hydroxylation is 4. The van der Waals surface area contributed by atoms with E-state index in [4.69, 9.17) is 33.1 Å². The Labute approximate surface area is 425 Å². The van der Waals surface area contributed by atoms with Crippen LogP contribution in [0.3, 0.4) is 0 Å². The van der Waals surface area contributed by atoms with Crippen molar-refractivity contribution in [3.63, 3.8) is 0 Å².